The van der Waals surface area contributed by atoms with Gasteiger partial charge in [0, 0.05) is 0 Å². The summed E-state index contributed by atoms with van der Waals surface area (Å²) >= 11 is 0. The molecule has 0 spiro atoms. The van der Waals surface area contributed by atoms with Crippen LogP contribution in [0.15, 0.2) is 24.3 Å². The molecule has 4 nitrogen and oxygen atoms in total. The first kappa shape index (κ1) is 8.45. The maximum atomic E-state index is 12.7. The Morgan fingerprint density at radius 3 is 2.58 bits per heavy atom. The van der Waals surface area contributed by atoms with Crippen molar-refractivity contribution in [2.45, 2.75) is 6.92 Å². The molecule has 0 aliphatic carbocycles. The number of halogens is 1. The Hall–Kier alpha value is -1.65. The van der Waals surface area contributed by atoms with Gasteiger partial charge < -0.3 is 0 Å². The van der Waals surface area contributed by atoms with E-state index in [1.807, 2.05) is 0 Å². The molecule has 0 amide bonds. The van der Waals surface area contributed by atoms with E-state index in [2.05, 4.69) is 0 Å². The molecule has 0 unspecified atom stereocenters. The van der Waals surface area contributed by atoms with Crippen LogP contribution in [0.2, 0.25) is 0 Å². The average Bonchev–Trinajstić information content (AvgIpc) is 2.04. The van der Waals surface area contributed by atoms with Crippen molar-refractivity contribution >= 4 is 5.69 Å². The van der Waals surface area contributed by atoms with Gasteiger partial charge in [-0.1, -0.05) is 18.2 Å². The van der Waals surface area contributed by atoms with Crippen LogP contribution in [0.3, 0.4) is 0 Å². The molecule has 12 heavy (non-hydrogen) atoms. The fourth-order valence-corrected chi connectivity index (χ4v) is 0.858. The van der Waals surface area contributed by atoms with Gasteiger partial charge in [0.15, 0.2) is 5.03 Å². The molecule has 5 heteroatoms. The molecule has 1 aromatic carbocycles. The first-order valence-electron chi connectivity index (χ1n) is 3.29. The Morgan fingerprint density at radius 2 is 2.08 bits per heavy atom. The van der Waals surface area contributed by atoms with Crippen molar-refractivity contribution in [3.63, 3.8) is 0 Å². The van der Waals surface area contributed by atoms with E-state index in [4.69, 9.17) is 0 Å². The van der Waals surface area contributed by atoms with E-state index in [9.17, 15) is 14.6 Å². The van der Waals surface area contributed by atoms with Gasteiger partial charge in [-0.25, -0.2) is 10.1 Å². The number of nitrogens with zero attached hydrogens (tertiary/aromatic N) is 2. The number of hydrazine groups is 1. The number of hydrogen-bond donors (Lipinski definition) is 0. The van der Waals surface area contributed by atoms with Crippen LogP contribution < -0.4 is 5.23 Å². The lowest BCUT2D eigenvalue weighted by Gasteiger charge is -2.04. The summed E-state index contributed by atoms with van der Waals surface area (Å²) in [5.74, 6) is 0. The van der Waals surface area contributed by atoms with Crippen LogP contribution in [0, 0.1) is 17.0 Å². The smallest absolute Gasteiger partial charge is 0.196 e. The molecule has 0 fully saturated rings. The summed E-state index contributed by atoms with van der Waals surface area (Å²) in [5.41, 5.74) is 0.485. The topological polar surface area (TPSA) is 46.4 Å². The van der Waals surface area contributed by atoms with Crippen molar-refractivity contribution in [1.82, 2.24) is 0 Å². The van der Waals surface area contributed by atoms with Gasteiger partial charge in [-0.2, -0.15) is 0 Å². The van der Waals surface area contributed by atoms with E-state index in [-0.39, 0.29) is 5.69 Å². The second-order valence-electron chi connectivity index (χ2n) is 2.28. The van der Waals surface area contributed by atoms with Crippen LogP contribution in [0.1, 0.15) is 5.56 Å². The second kappa shape index (κ2) is 3.17. The summed E-state index contributed by atoms with van der Waals surface area (Å²) in [4.78, 5) is 10.0. The molecule has 0 aliphatic heterocycles. The molecule has 0 bridgehead atoms. The quantitative estimate of drug-likeness (QED) is 0.386. The summed E-state index contributed by atoms with van der Waals surface area (Å²) in [7, 11) is 0. The average molecular weight is 170 g/mol. The summed E-state index contributed by atoms with van der Waals surface area (Å²) in [6.07, 6.45) is 0. The van der Waals surface area contributed by atoms with Gasteiger partial charge in [-0.3, -0.25) is 0 Å². The highest BCUT2D eigenvalue weighted by atomic mass is 19.2. The zero-order valence-corrected chi connectivity index (χ0v) is 6.40. The molecule has 0 radical (unpaired) electrons. The van der Waals surface area contributed by atoms with E-state index in [0.717, 1.165) is 0 Å². The molecule has 0 aliphatic rings. The maximum absolute atomic E-state index is 12.7. The number of hydrogen-bond acceptors (Lipinski definition) is 2. The molecular weight excluding hydrogens is 163 g/mol. The number of rotatable bonds is 2. The minimum absolute atomic E-state index is 0.0394. The number of para-hydroxylation sites is 1. The van der Waals surface area contributed by atoms with E-state index in [0.29, 0.717) is 5.56 Å². The van der Waals surface area contributed by atoms with Gasteiger partial charge in [0.1, 0.15) is 5.69 Å². The standard InChI is InChI=1S/C7H7FN2O2/c1-6-4-2-3-5-7(6)9(8)10(11)12/h2-5H,1H3. The molecule has 64 valence electrons. The van der Waals surface area contributed by atoms with Gasteiger partial charge in [-0.15, -0.1) is 0 Å². The molecule has 0 atom stereocenters. The van der Waals surface area contributed by atoms with Crippen molar-refractivity contribution in [1.29, 1.82) is 0 Å². The second-order valence-corrected chi connectivity index (χ2v) is 2.28. The third-order valence-electron chi connectivity index (χ3n) is 1.46. The Bertz CT molecular complexity index is 303. The fourth-order valence-electron chi connectivity index (χ4n) is 0.858. The lowest BCUT2D eigenvalue weighted by atomic mass is 10.2. The van der Waals surface area contributed by atoms with Crippen LogP contribution >= 0.6 is 0 Å². The molecule has 0 saturated heterocycles. The van der Waals surface area contributed by atoms with Gasteiger partial charge in [0.05, 0.1) is 5.23 Å². The summed E-state index contributed by atoms with van der Waals surface area (Å²) in [5, 5.41) is 8.41. The maximum Gasteiger partial charge on any atom is 0.196 e. The number of benzene rings is 1. The van der Waals surface area contributed by atoms with Crippen LogP contribution in [-0.2, 0) is 0 Å². The van der Waals surface area contributed by atoms with Crippen LogP contribution in [-0.4, -0.2) is 5.03 Å². The Kier molecular flexibility index (Phi) is 2.23. The molecule has 1 rings (SSSR count). The van der Waals surface area contributed by atoms with E-state index >= 15 is 0 Å². The molecule has 0 aromatic heterocycles. The van der Waals surface area contributed by atoms with E-state index < -0.39 is 10.3 Å². The number of nitro groups is 1. The van der Waals surface area contributed by atoms with Gasteiger partial charge >= 0.3 is 0 Å². The van der Waals surface area contributed by atoms with Crippen molar-refractivity contribution in [2.24, 2.45) is 0 Å². The van der Waals surface area contributed by atoms with Crippen molar-refractivity contribution in [3.05, 3.63) is 39.9 Å². The predicted molar refractivity (Wildman–Crippen MR) is 41.8 cm³/mol. The fraction of sp³-hybridized carbons (Fsp3) is 0.143. The zero-order chi connectivity index (χ0) is 9.14. The minimum atomic E-state index is -1.11. The minimum Gasteiger partial charge on any atom is -0.232 e. The normalized spacial score (nSPS) is 9.50. The highest BCUT2D eigenvalue weighted by molar-refractivity contribution is 5.48. The van der Waals surface area contributed by atoms with Crippen molar-refractivity contribution in [2.75, 3.05) is 5.23 Å². The Morgan fingerprint density at radius 1 is 1.50 bits per heavy atom. The Balaban J connectivity index is 3.02. The monoisotopic (exact) mass is 170 g/mol. The molecule has 0 N–H and O–H groups in total. The van der Waals surface area contributed by atoms with E-state index in [1.54, 1.807) is 25.1 Å². The van der Waals surface area contributed by atoms with Crippen LogP contribution in [0.25, 0.3) is 0 Å². The summed E-state index contributed by atoms with van der Waals surface area (Å²) < 4.78 is 12.7. The predicted octanol–water partition coefficient (Wildman–Crippen LogP) is 1.88. The highest BCUT2D eigenvalue weighted by Crippen LogP contribution is 2.18. The molecule has 1 aromatic rings. The SMILES string of the molecule is Cc1ccccc1N(F)[N+](=O)[O-]. The highest BCUT2D eigenvalue weighted by Gasteiger charge is 2.17. The largest absolute Gasteiger partial charge is 0.232 e. The summed E-state index contributed by atoms with van der Waals surface area (Å²) in [6, 6.07) is 6.18. The molecule has 0 heterocycles. The van der Waals surface area contributed by atoms with Gasteiger partial charge in [-0.05, 0) is 23.0 Å². The van der Waals surface area contributed by atoms with Crippen LogP contribution in [0.4, 0.5) is 10.2 Å². The first-order valence-corrected chi connectivity index (χ1v) is 3.29. The van der Waals surface area contributed by atoms with Crippen molar-refractivity contribution < 1.29 is 9.51 Å². The van der Waals surface area contributed by atoms with Crippen LogP contribution in [0.5, 0.6) is 0 Å². The lowest BCUT2D eigenvalue weighted by molar-refractivity contribution is -0.525. The number of aryl methyl sites for hydroxylation is 1. The summed E-state index contributed by atoms with van der Waals surface area (Å²) in [6.45, 7) is 1.60. The van der Waals surface area contributed by atoms with Gasteiger partial charge in [0.2, 0.25) is 0 Å². The Labute approximate surface area is 68.3 Å². The van der Waals surface area contributed by atoms with E-state index in [1.165, 1.54) is 6.07 Å². The third kappa shape index (κ3) is 1.50. The third-order valence-corrected chi connectivity index (χ3v) is 1.46. The lowest BCUT2D eigenvalue weighted by Crippen LogP contribution is -2.20. The molecule has 0 saturated carbocycles. The zero-order valence-electron chi connectivity index (χ0n) is 6.40. The first-order chi connectivity index (χ1) is 5.63. The molecular formula is C7H7FN2O2. The number of anilines is 1. The van der Waals surface area contributed by atoms with Crippen molar-refractivity contribution in [3.8, 4) is 0 Å². The van der Waals surface area contributed by atoms with Gasteiger partial charge in [0.25, 0.3) is 0 Å².